The highest BCUT2D eigenvalue weighted by atomic mass is 16.5. The van der Waals surface area contributed by atoms with Gasteiger partial charge in [0.05, 0.1) is 5.92 Å². The molecule has 0 bridgehead atoms. The lowest BCUT2D eigenvalue weighted by atomic mass is 9.82. The first-order valence-corrected chi connectivity index (χ1v) is 4.52. The third kappa shape index (κ3) is 1.66. The van der Waals surface area contributed by atoms with Gasteiger partial charge in [0, 0.05) is 5.92 Å². The van der Waals surface area contributed by atoms with Gasteiger partial charge in [0.1, 0.15) is 17.3 Å². The SMILES string of the molecule is O=COC1=CC2C(O)=CC=C(O)C2C=C1. The van der Waals surface area contributed by atoms with Crippen LogP contribution in [0.4, 0.5) is 0 Å². The van der Waals surface area contributed by atoms with Crippen LogP contribution in [0.5, 0.6) is 0 Å². The van der Waals surface area contributed by atoms with Crippen LogP contribution in [0.15, 0.2) is 47.7 Å². The van der Waals surface area contributed by atoms with Gasteiger partial charge in [-0.1, -0.05) is 6.08 Å². The normalized spacial score (nSPS) is 28.4. The van der Waals surface area contributed by atoms with Crippen LogP contribution in [0.3, 0.4) is 0 Å². The molecule has 2 rings (SSSR count). The Balaban J connectivity index is 2.29. The minimum atomic E-state index is -0.352. The number of hydrogen-bond acceptors (Lipinski definition) is 4. The minimum absolute atomic E-state index is 0.147. The summed E-state index contributed by atoms with van der Waals surface area (Å²) in [5.41, 5.74) is 0. The zero-order valence-electron chi connectivity index (χ0n) is 7.83. The fourth-order valence-corrected chi connectivity index (χ4v) is 1.73. The first-order chi connectivity index (χ1) is 7.22. The van der Waals surface area contributed by atoms with E-state index >= 15 is 0 Å². The van der Waals surface area contributed by atoms with Gasteiger partial charge in [-0.3, -0.25) is 4.79 Å². The van der Waals surface area contributed by atoms with Crippen LogP contribution in [0.25, 0.3) is 0 Å². The maximum absolute atomic E-state index is 10.1. The summed E-state index contributed by atoms with van der Waals surface area (Å²) in [6.07, 6.45) is 7.79. The van der Waals surface area contributed by atoms with E-state index in [1.807, 2.05) is 0 Å². The molecule has 0 aromatic carbocycles. The molecule has 0 heterocycles. The molecule has 0 aromatic heterocycles. The molecular weight excluding hydrogens is 196 g/mol. The Labute approximate surface area is 86.5 Å². The van der Waals surface area contributed by atoms with Gasteiger partial charge >= 0.3 is 0 Å². The molecule has 0 saturated heterocycles. The number of hydrogen-bond donors (Lipinski definition) is 2. The Bertz CT molecular complexity index is 401. The van der Waals surface area contributed by atoms with Crippen molar-refractivity contribution in [2.24, 2.45) is 11.8 Å². The quantitative estimate of drug-likeness (QED) is 0.675. The number of aliphatic hydroxyl groups is 2. The molecule has 15 heavy (non-hydrogen) atoms. The molecule has 2 aliphatic rings. The number of allylic oxidation sites excluding steroid dienone is 5. The molecule has 2 N–H and O–H groups in total. The number of carbonyl (C=O) groups is 1. The van der Waals surface area contributed by atoms with Crippen molar-refractivity contribution >= 4 is 6.47 Å². The highest BCUT2D eigenvalue weighted by molar-refractivity contribution is 5.44. The summed E-state index contributed by atoms with van der Waals surface area (Å²) in [7, 11) is 0. The topological polar surface area (TPSA) is 66.8 Å². The van der Waals surface area contributed by atoms with E-state index in [9.17, 15) is 15.0 Å². The number of ether oxygens (including phenoxy) is 1. The Morgan fingerprint density at radius 2 is 1.87 bits per heavy atom. The van der Waals surface area contributed by atoms with Gasteiger partial charge in [0.25, 0.3) is 6.47 Å². The molecule has 0 aliphatic heterocycles. The van der Waals surface area contributed by atoms with Crippen molar-refractivity contribution in [1.29, 1.82) is 0 Å². The van der Waals surface area contributed by atoms with Gasteiger partial charge in [0.15, 0.2) is 0 Å². The number of rotatable bonds is 2. The Morgan fingerprint density at radius 1 is 1.20 bits per heavy atom. The summed E-state index contributed by atoms with van der Waals surface area (Å²) in [5.74, 6) is 0.0921. The zero-order valence-corrected chi connectivity index (χ0v) is 7.83. The minimum Gasteiger partial charge on any atom is -0.512 e. The third-order valence-corrected chi connectivity index (χ3v) is 2.49. The van der Waals surface area contributed by atoms with E-state index < -0.39 is 0 Å². The fourth-order valence-electron chi connectivity index (χ4n) is 1.73. The number of fused-ring (bicyclic) bond motifs is 1. The Morgan fingerprint density at radius 3 is 2.53 bits per heavy atom. The van der Waals surface area contributed by atoms with Crippen LogP contribution in [0.1, 0.15) is 0 Å². The van der Waals surface area contributed by atoms with Crippen LogP contribution in [0, 0.1) is 11.8 Å². The van der Waals surface area contributed by atoms with Gasteiger partial charge in [0.2, 0.25) is 0 Å². The summed E-state index contributed by atoms with van der Waals surface area (Å²) in [6, 6.07) is 0. The van der Waals surface area contributed by atoms with Gasteiger partial charge in [-0.2, -0.15) is 0 Å². The van der Waals surface area contributed by atoms with Gasteiger partial charge in [-0.05, 0) is 24.3 Å². The van der Waals surface area contributed by atoms with E-state index in [0.717, 1.165) is 0 Å². The van der Waals surface area contributed by atoms with E-state index in [4.69, 9.17) is 0 Å². The average molecular weight is 206 g/mol. The molecule has 0 amide bonds. The molecule has 78 valence electrons. The van der Waals surface area contributed by atoms with E-state index in [1.165, 1.54) is 12.2 Å². The predicted octanol–water partition coefficient (Wildman–Crippen LogP) is 1.74. The van der Waals surface area contributed by atoms with Crippen LogP contribution in [0.2, 0.25) is 0 Å². The molecule has 0 spiro atoms. The largest absolute Gasteiger partial charge is 0.512 e. The molecule has 4 nitrogen and oxygen atoms in total. The van der Waals surface area contributed by atoms with E-state index in [-0.39, 0.29) is 23.4 Å². The van der Waals surface area contributed by atoms with Gasteiger partial charge < -0.3 is 14.9 Å². The van der Waals surface area contributed by atoms with E-state index in [0.29, 0.717) is 12.2 Å². The van der Waals surface area contributed by atoms with Crippen LogP contribution < -0.4 is 0 Å². The van der Waals surface area contributed by atoms with Crippen molar-refractivity contribution in [3.8, 4) is 0 Å². The average Bonchev–Trinajstić information content (AvgIpc) is 2.24. The Hall–Kier alpha value is -1.97. The lowest BCUT2D eigenvalue weighted by Gasteiger charge is -2.26. The van der Waals surface area contributed by atoms with Crippen molar-refractivity contribution in [1.82, 2.24) is 0 Å². The second kappa shape index (κ2) is 3.65. The van der Waals surface area contributed by atoms with Crippen molar-refractivity contribution in [2.75, 3.05) is 0 Å². The predicted molar refractivity (Wildman–Crippen MR) is 52.8 cm³/mol. The first kappa shape index (κ1) is 9.58. The van der Waals surface area contributed by atoms with Crippen molar-refractivity contribution in [3.05, 3.63) is 47.7 Å². The second-order valence-electron chi connectivity index (χ2n) is 3.38. The van der Waals surface area contributed by atoms with Gasteiger partial charge in [-0.15, -0.1) is 0 Å². The third-order valence-electron chi connectivity index (χ3n) is 2.49. The second-order valence-corrected chi connectivity index (χ2v) is 3.38. The Kier molecular flexibility index (Phi) is 2.33. The molecule has 4 heteroatoms. The summed E-state index contributed by atoms with van der Waals surface area (Å²) < 4.78 is 4.67. The summed E-state index contributed by atoms with van der Waals surface area (Å²) in [4.78, 5) is 10.1. The lowest BCUT2D eigenvalue weighted by molar-refractivity contribution is -0.124. The maximum atomic E-state index is 10.1. The summed E-state index contributed by atoms with van der Waals surface area (Å²) in [5, 5.41) is 19.1. The van der Waals surface area contributed by atoms with Crippen LogP contribution in [-0.4, -0.2) is 16.7 Å². The highest BCUT2D eigenvalue weighted by Crippen LogP contribution is 2.35. The summed E-state index contributed by atoms with van der Waals surface area (Å²) in [6.45, 7) is 0.329. The van der Waals surface area contributed by atoms with Crippen molar-refractivity contribution in [2.45, 2.75) is 0 Å². The van der Waals surface area contributed by atoms with E-state index in [1.54, 1.807) is 18.2 Å². The van der Waals surface area contributed by atoms with Crippen molar-refractivity contribution < 1.29 is 19.7 Å². The standard InChI is InChI=1S/C11H10O4/c12-6-15-7-1-2-8-9(5-7)11(14)4-3-10(8)13/h1-6,8-9,13-14H. The monoisotopic (exact) mass is 206 g/mol. The number of carbonyl (C=O) groups excluding carboxylic acids is 1. The maximum Gasteiger partial charge on any atom is 0.298 e. The fraction of sp³-hybridized carbons (Fsp3) is 0.182. The van der Waals surface area contributed by atoms with Gasteiger partial charge in [-0.25, -0.2) is 0 Å². The lowest BCUT2D eigenvalue weighted by Crippen LogP contribution is -2.21. The molecular formula is C11H10O4. The zero-order chi connectivity index (χ0) is 10.8. The first-order valence-electron chi connectivity index (χ1n) is 4.52. The molecule has 2 unspecified atom stereocenters. The summed E-state index contributed by atoms with van der Waals surface area (Å²) >= 11 is 0. The molecule has 0 saturated carbocycles. The van der Waals surface area contributed by atoms with E-state index in [2.05, 4.69) is 4.74 Å². The molecule has 0 radical (unpaired) electrons. The number of aliphatic hydroxyl groups excluding tert-OH is 2. The molecule has 0 fully saturated rings. The highest BCUT2D eigenvalue weighted by Gasteiger charge is 2.30. The molecule has 2 atom stereocenters. The van der Waals surface area contributed by atoms with Crippen LogP contribution >= 0.6 is 0 Å². The van der Waals surface area contributed by atoms with Crippen molar-refractivity contribution in [3.63, 3.8) is 0 Å². The smallest absolute Gasteiger partial charge is 0.298 e. The molecule has 2 aliphatic carbocycles. The molecule has 0 aromatic rings. The van der Waals surface area contributed by atoms with Crippen LogP contribution in [-0.2, 0) is 9.53 Å².